The van der Waals surface area contributed by atoms with Crippen LogP contribution < -0.4 is 10.2 Å². The lowest BCUT2D eigenvalue weighted by Crippen LogP contribution is -2.31. The minimum absolute atomic E-state index is 0.948. The Kier molecular flexibility index (Phi) is 5.23. The van der Waals surface area contributed by atoms with Crippen molar-refractivity contribution < 1.29 is 0 Å². The van der Waals surface area contributed by atoms with Gasteiger partial charge in [0.15, 0.2) is 0 Å². The fourth-order valence-electron chi connectivity index (χ4n) is 2.73. The van der Waals surface area contributed by atoms with Gasteiger partial charge in [-0.05, 0) is 63.2 Å². The molecule has 0 unspecified atom stereocenters. The van der Waals surface area contributed by atoms with E-state index in [-0.39, 0.29) is 0 Å². The predicted octanol–water partition coefficient (Wildman–Crippen LogP) is 2.25. The number of benzene rings is 1. The van der Waals surface area contributed by atoms with Gasteiger partial charge in [0, 0.05) is 32.4 Å². The van der Waals surface area contributed by atoms with Gasteiger partial charge in [0.2, 0.25) is 0 Å². The first-order valence-corrected chi connectivity index (χ1v) is 7.38. The Labute approximate surface area is 117 Å². The lowest BCUT2D eigenvalue weighted by atomic mass is 10.1. The molecule has 3 heteroatoms. The fourth-order valence-corrected chi connectivity index (χ4v) is 2.73. The smallest absolute Gasteiger partial charge is 0.0366 e. The van der Waals surface area contributed by atoms with E-state index < -0.39 is 0 Å². The van der Waals surface area contributed by atoms with E-state index in [2.05, 4.69) is 47.3 Å². The third-order valence-corrected chi connectivity index (χ3v) is 4.08. The van der Waals surface area contributed by atoms with Crippen molar-refractivity contribution in [1.82, 2.24) is 10.2 Å². The highest BCUT2D eigenvalue weighted by Crippen LogP contribution is 2.18. The fraction of sp³-hybridized carbons (Fsp3) is 0.625. The van der Waals surface area contributed by atoms with E-state index in [1.807, 2.05) is 7.05 Å². The maximum atomic E-state index is 3.22. The summed E-state index contributed by atoms with van der Waals surface area (Å²) in [6.07, 6.45) is 2.75. The van der Waals surface area contributed by atoms with E-state index in [4.69, 9.17) is 0 Å². The molecule has 0 spiro atoms. The number of anilines is 1. The molecular formula is C16H27N3. The van der Waals surface area contributed by atoms with E-state index in [1.165, 1.54) is 49.3 Å². The Hall–Kier alpha value is -1.06. The van der Waals surface area contributed by atoms with Crippen LogP contribution in [0, 0.1) is 6.92 Å². The SMILES string of the molecule is CNCc1ccc(N(C)CCN2CCCC2)cc1C. The third kappa shape index (κ3) is 3.95. The predicted molar refractivity (Wildman–Crippen MR) is 82.9 cm³/mol. The number of hydrogen-bond acceptors (Lipinski definition) is 3. The van der Waals surface area contributed by atoms with Crippen LogP contribution >= 0.6 is 0 Å². The number of likely N-dealkylation sites (tertiary alicyclic amines) is 1. The first-order valence-electron chi connectivity index (χ1n) is 7.38. The highest BCUT2D eigenvalue weighted by Gasteiger charge is 2.12. The minimum atomic E-state index is 0.948. The lowest BCUT2D eigenvalue weighted by molar-refractivity contribution is 0.346. The standard InChI is InChI=1S/C16H27N3/c1-14-12-16(7-6-15(14)13-17-2)18(3)10-11-19-8-4-5-9-19/h6-7,12,17H,4-5,8-11,13H2,1-3H3. The van der Waals surface area contributed by atoms with Gasteiger partial charge in [0.1, 0.15) is 0 Å². The van der Waals surface area contributed by atoms with Gasteiger partial charge >= 0.3 is 0 Å². The maximum absolute atomic E-state index is 3.22. The van der Waals surface area contributed by atoms with Crippen molar-refractivity contribution in [2.75, 3.05) is 45.2 Å². The van der Waals surface area contributed by atoms with Gasteiger partial charge in [-0.15, -0.1) is 0 Å². The molecule has 0 aromatic heterocycles. The van der Waals surface area contributed by atoms with E-state index in [0.717, 1.165) is 13.1 Å². The molecule has 1 aliphatic heterocycles. The second-order valence-electron chi connectivity index (χ2n) is 5.61. The summed E-state index contributed by atoms with van der Waals surface area (Å²) in [7, 11) is 4.19. The van der Waals surface area contributed by atoms with Crippen LogP contribution in [0.5, 0.6) is 0 Å². The molecule has 2 rings (SSSR count). The number of aryl methyl sites for hydroxylation is 1. The van der Waals surface area contributed by atoms with Crippen LogP contribution in [0.4, 0.5) is 5.69 Å². The Morgan fingerprint density at radius 2 is 2.00 bits per heavy atom. The van der Waals surface area contributed by atoms with Crippen molar-refractivity contribution in [1.29, 1.82) is 0 Å². The summed E-state index contributed by atoms with van der Waals surface area (Å²) in [5, 5.41) is 3.22. The van der Waals surface area contributed by atoms with Gasteiger partial charge in [-0.2, -0.15) is 0 Å². The highest BCUT2D eigenvalue weighted by atomic mass is 15.2. The quantitative estimate of drug-likeness (QED) is 0.847. The first-order chi connectivity index (χ1) is 9.20. The molecule has 1 saturated heterocycles. The van der Waals surface area contributed by atoms with Gasteiger partial charge in [0.05, 0.1) is 0 Å². The van der Waals surface area contributed by atoms with E-state index in [0.29, 0.717) is 0 Å². The second kappa shape index (κ2) is 6.92. The van der Waals surface area contributed by atoms with Crippen molar-refractivity contribution in [3.63, 3.8) is 0 Å². The molecule has 0 atom stereocenters. The lowest BCUT2D eigenvalue weighted by Gasteiger charge is -2.24. The zero-order valence-corrected chi connectivity index (χ0v) is 12.6. The molecule has 0 radical (unpaired) electrons. The molecule has 0 bridgehead atoms. The minimum Gasteiger partial charge on any atom is -0.373 e. The maximum Gasteiger partial charge on any atom is 0.0366 e. The van der Waals surface area contributed by atoms with Crippen molar-refractivity contribution >= 4 is 5.69 Å². The van der Waals surface area contributed by atoms with Crippen LogP contribution in [0.15, 0.2) is 18.2 Å². The Morgan fingerprint density at radius 3 is 2.63 bits per heavy atom. The van der Waals surface area contributed by atoms with Crippen molar-refractivity contribution in [3.05, 3.63) is 29.3 Å². The van der Waals surface area contributed by atoms with Gasteiger partial charge in [-0.25, -0.2) is 0 Å². The summed E-state index contributed by atoms with van der Waals surface area (Å²) in [4.78, 5) is 4.94. The zero-order chi connectivity index (χ0) is 13.7. The largest absolute Gasteiger partial charge is 0.373 e. The van der Waals surface area contributed by atoms with E-state index >= 15 is 0 Å². The number of hydrogen-bond donors (Lipinski definition) is 1. The van der Waals surface area contributed by atoms with Gasteiger partial charge in [-0.1, -0.05) is 6.07 Å². The highest BCUT2D eigenvalue weighted by molar-refractivity contribution is 5.50. The Bertz CT molecular complexity index is 397. The molecule has 1 aromatic rings. The molecule has 106 valence electrons. The summed E-state index contributed by atoms with van der Waals surface area (Å²) < 4.78 is 0. The van der Waals surface area contributed by atoms with Crippen molar-refractivity contribution in [3.8, 4) is 0 Å². The molecule has 0 amide bonds. The third-order valence-electron chi connectivity index (χ3n) is 4.08. The van der Waals surface area contributed by atoms with Crippen molar-refractivity contribution in [2.24, 2.45) is 0 Å². The molecule has 1 fully saturated rings. The summed E-state index contributed by atoms with van der Waals surface area (Å²) >= 11 is 0. The first kappa shape index (κ1) is 14.4. The normalized spacial score (nSPS) is 15.9. The molecule has 1 N–H and O–H groups in total. The number of rotatable bonds is 6. The second-order valence-corrected chi connectivity index (χ2v) is 5.61. The molecular weight excluding hydrogens is 234 g/mol. The summed E-state index contributed by atoms with van der Waals surface area (Å²) in [5.74, 6) is 0. The zero-order valence-electron chi connectivity index (χ0n) is 12.6. The van der Waals surface area contributed by atoms with Gasteiger partial charge in [0.25, 0.3) is 0 Å². The number of nitrogens with zero attached hydrogens (tertiary/aromatic N) is 2. The van der Waals surface area contributed by atoms with Crippen LogP contribution in [0.2, 0.25) is 0 Å². The van der Waals surface area contributed by atoms with E-state index in [1.54, 1.807) is 0 Å². The number of nitrogens with one attached hydrogen (secondary N) is 1. The van der Waals surface area contributed by atoms with Crippen LogP contribution in [0.1, 0.15) is 24.0 Å². The molecule has 0 saturated carbocycles. The topological polar surface area (TPSA) is 18.5 Å². The van der Waals surface area contributed by atoms with Gasteiger partial charge in [-0.3, -0.25) is 0 Å². The summed E-state index contributed by atoms with van der Waals surface area (Å²) in [6.45, 7) is 8.02. The monoisotopic (exact) mass is 261 g/mol. The molecule has 3 nitrogen and oxygen atoms in total. The van der Waals surface area contributed by atoms with Gasteiger partial charge < -0.3 is 15.1 Å². The number of likely N-dealkylation sites (N-methyl/N-ethyl adjacent to an activating group) is 1. The van der Waals surface area contributed by atoms with Crippen LogP contribution in [0.3, 0.4) is 0 Å². The van der Waals surface area contributed by atoms with Crippen molar-refractivity contribution in [2.45, 2.75) is 26.3 Å². The average Bonchev–Trinajstić information content (AvgIpc) is 2.91. The molecule has 1 aliphatic rings. The summed E-state index contributed by atoms with van der Waals surface area (Å²) in [5.41, 5.74) is 4.09. The van der Waals surface area contributed by atoms with Crippen LogP contribution in [-0.2, 0) is 6.54 Å². The molecule has 19 heavy (non-hydrogen) atoms. The summed E-state index contributed by atoms with van der Waals surface area (Å²) in [6, 6.07) is 6.79. The van der Waals surface area contributed by atoms with Crippen LogP contribution in [-0.4, -0.2) is 45.2 Å². The van der Waals surface area contributed by atoms with Crippen LogP contribution in [0.25, 0.3) is 0 Å². The average molecular weight is 261 g/mol. The Balaban J connectivity index is 1.90. The van der Waals surface area contributed by atoms with E-state index in [9.17, 15) is 0 Å². The molecule has 0 aliphatic carbocycles. The Morgan fingerprint density at radius 1 is 1.26 bits per heavy atom. The molecule has 1 heterocycles. The molecule has 1 aromatic carbocycles.